The second-order valence-corrected chi connectivity index (χ2v) is 8.01. The molecule has 1 amide bonds. The van der Waals surface area contributed by atoms with Crippen molar-refractivity contribution < 1.29 is 19.1 Å². The molecule has 0 spiro atoms. The lowest BCUT2D eigenvalue weighted by atomic mass is 10.2. The second-order valence-electron chi connectivity index (χ2n) is 6.34. The molecule has 3 aromatic rings. The molecule has 156 valence electrons. The van der Waals surface area contributed by atoms with E-state index >= 15 is 0 Å². The normalized spacial score (nSPS) is 10.5. The number of ether oxygens (including phenoxy) is 2. The van der Waals surface area contributed by atoms with Gasteiger partial charge in [-0.15, -0.1) is 11.3 Å². The van der Waals surface area contributed by atoms with Crippen LogP contribution in [0.5, 0.6) is 5.75 Å². The molecule has 0 saturated carbocycles. The van der Waals surface area contributed by atoms with Gasteiger partial charge in [-0.2, -0.15) is 0 Å². The zero-order chi connectivity index (χ0) is 21.7. The van der Waals surface area contributed by atoms with E-state index in [4.69, 9.17) is 32.7 Å². The fourth-order valence-corrected chi connectivity index (χ4v) is 3.66. The number of methoxy groups -OCH3 is 1. The maximum absolute atomic E-state index is 12.3. The van der Waals surface area contributed by atoms with Crippen molar-refractivity contribution in [2.75, 3.05) is 20.8 Å². The van der Waals surface area contributed by atoms with Gasteiger partial charge in [0.2, 0.25) is 0 Å². The highest BCUT2D eigenvalue weighted by Crippen LogP contribution is 2.26. The Hall–Kier alpha value is -2.61. The third-order valence-electron chi connectivity index (χ3n) is 4.21. The number of aromatic nitrogens is 1. The van der Waals surface area contributed by atoms with Gasteiger partial charge in [-0.25, -0.2) is 9.78 Å². The van der Waals surface area contributed by atoms with Crippen molar-refractivity contribution in [3.63, 3.8) is 0 Å². The fourth-order valence-electron chi connectivity index (χ4n) is 2.55. The van der Waals surface area contributed by atoms with Crippen molar-refractivity contribution in [1.29, 1.82) is 0 Å². The van der Waals surface area contributed by atoms with E-state index in [0.29, 0.717) is 21.6 Å². The minimum absolute atomic E-state index is 0.158. The Labute approximate surface area is 188 Å². The number of benzene rings is 2. The largest absolute Gasteiger partial charge is 0.497 e. The Morgan fingerprint density at radius 3 is 2.50 bits per heavy atom. The third kappa shape index (κ3) is 5.50. The van der Waals surface area contributed by atoms with E-state index in [9.17, 15) is 9.59 Å². The number of halogens is 2. The number of nitrogens with zero attached hydrogens (tertiary/aromatic N) is 2. The zero-order valence-electron chi connectivity index (χ0n) is 16.2. The van der Waals surface area contributed by atoms with Gasteiger partial charge in [-0.05, 0) is 42.0 Å². The van der Waals surface area contributed by atoms with Gasteiger partial charge >= 0.3 is 5.97 Å². The maximum atomic E-state index is 12.3. The van der Waals surface area contributed by atoms with Gasteiger partial charge in [0, 0.05) is 24.5 Å². The van der Waals surface area contributed by atoms with Crippen molar-refractivity contribution >= 4 is 46.4 Å². The zero-order valence-corrected chi connectivity index (χ0v) is 18.6. The lowest BCUT2D eigenvalue weighted by Gasteiger charge is -2.17. The quantitative estimate of drug-likeness (QED) is 0.463. The summed E-state index contributed by atoms with van der Waals surface area (Å²) in [5.74, 6) is -0.263. The maximum Gasteiger partial charge on any atom is 0.358 e. The number of carbonyl (C=O) groups is 2. The average molecular weight is 465 g/mol. The van der Waals surface area contributed by atoms with Gasteiger partial charge in [0.15, 0.2) is 12.3 Å². The van der Waals surface area contributed by atoms with Crippen LogP contribution in [0.4, 0.5) is 0 Å². The molecule has 6 nitrogen and oxygen atoms in total. The first-order chi connectivity index (χ1) is 14.4. The summed E-state index contributed by atoms with van der Waals surface area (Å²) >= 11 is 13.2. The monoisotopic (exact) mass is 464 g/mol. The number of amides is 1. The predicted octanol–water partition coefficient (Wildman–Crippen LogP) is 4.94. The van der Waals surface area contributed by atoms with Crippen LogP contribution in [0.1, 0.15) is 16.1 Å². The molecule has 0 N–H and O–H groups in total. The highest BCUT2D eigenvalue weighted by Gasteiger charge is 2.17. The molecule has 0 aliphatic carbocycles. The minimum Gasteiger partial charge on any atom is -0.497 e. The SMILES string of the molecule is COc1ccc(-c2nc(C(=O)OCC(=O)N(C)Cc3ccc(Cl)c(Cl)c3)cs2)cc1. The predicted molar refractivity (Wildman–Crippen MR) is 117 cm³/mol. The van der Waals surface area contributed by atoms with E-state index in [0.717, 1.165) is 16.9 Å². The second kappa shape index (κ2) is 9.93. The van der Waals surface area contributed by atoms with E-state index in [-0.39, 0.29) is 18.2 Å². The van der Waals surface area contributed by atoms with Crippen LogP contribution in [-0.2, 0) is 16.1 Å². The molecule has 0 aliphatic rings. The summed E-state index contributed by atoms with van der Waals surface area (Å²) in [4.78, 5) is 30.3. The summed E-state index contributed by atoms with van der Waals surface area (Å²) in [5.41, 5.74) is 1.83. The van der Waals surface area contributed by atoms with Gasteiger partial charge in [-0.3, -0.25) is 4.79 Å². The molecule has 0 aliphatic heterocycles. The van der Waals surface area contributed by atoms with Gasteiger partial charge < -0.3 is 14.4 Å². The third-order valence-corrected chi connectivity index (χ3v) is 5.84. The molecule has 9 heteroatoms. The standard InChI is InChI=1S/C21H18Cl2N2O4S/c1-25(10-13-3-8-16(22)17(23)9-13)19(26)11-29-21(27)18-12-30-20(24-18)14-4-6-15(28-2)7-5-14/h3-9,12H,10-11H2,1-2H3. The van der Waals surface area contributed by atoms with Crippen molar-refractivity contribution in [2.45, 2.75) is 6.54 Å². The van der Waals surface area contributed by atoms with Crippen LogP contribution in [0.3, 0.4) is 0 Å². The number of hydrogen-bond acceptors (Lipinski definition) is 6. The number of thiazole rings is 1. The van der Waals surface area contributed by atoms with Crippen LogP contribution >= 0.6 is 34.5 Å². The molecule has 0 unspecified atom stereocenters. The summed E-state index contributed by atoms with van der Waals surface area (Å²) in [6.45, 7) is -0.0718. The van der Waals surface area contributed by atoms with Crippen molar-refractivity contribution in [1.82, 2.24) is 9.88 Å². The molecular weight excluding hydrogens is 447 g/mol. The Bertz CT molecular complexity index is 1050. The Morgan fingerprint density at radius 1 is 1.10 bits per heavy atom. The van der Waals surface area contributed by atoms with E-state index in [1.54, 1.807) is 37.7 Å². The van der Waals surface area contributed by atoms with Gasteiger partial charge in [0.25, 0.3) is 5.91 Å². The number of likely N-dealkylation sites (N-methyl/N-ethyl adjacent to an activating group) is 1. The molecule has 1 heterocycles. The Balaban J connectivity index is 1.55. The number of hydrogen-bond donors (Lipinski definition) is 0. The van der Waals surface area contributed by atoms with Crippen molar-refractivity contribution in [3.05, 3.63) is 69.1 Å². The highest BCUT2D eigenvalue weighted by molar-refractivity contribution is 7.13. The lowest BCUT2D eigenvalue weighted by molar-refractivity contribution is -0.133. The van der Waals surface area contributed by atoms with Crippen LogP contribution in [0.15, 0.2) is 47.8 Å². The molecule has 30 heavy (non-hydrogen) atoms. The van der Waals surface area contributed by atoms with E-state index in [1.807, 2.05) is 24.3 Å². The van der Waals surface area contributed by atoms with E-state index < -0.39 is 5.97 Å². The van der Waals surface area contributed by atoms with Crippen LogP contribution in [-0.4, -0.2) is 42.5 Å². The topological polar surface area (TPSA) is 68.7 Å². The lowest BCUT2D eigenvalue weighted by Crippen LogP contribution is -2.30. The van der Waals surface area contributed by atoms with E-state index in [2.05, 4.69) is 4.98 Å². The Kier molecular flexibility index (Phi) is 7.31. The van der Waals surface area contributed by atoms with Crippen molar-refractivity contribution in [3.8, 4) is 16.3 Å². The average Bonchev–Trinajstić information content (AvgIpc) is 3.24. The highest BCUT2D eigenvalue weighted by atomic mass is 35.5. The molecule has 0 radical (unpaired) electrons. The van der Waals surface area contributed by atoms with E-state index in [1.165, 1.54) is 16.2 Å². The molecule has 0 bridgehead atoms. The smallest absolute Gasteiger partial charge is 0.358 e. The van der Waals surface area contributed by atoms with Crippen LogP contribution < -0.4 is 4.74 Å². The van der Waals surface area contributed by atoms with Crippen LogP contribution in [0.25, 0.3) is 10.6 Å². The Morgan fingerprint density at radius 2 is 1.83 bits per heavy atom. The van der Waals surface area contributed by atoms with Gasteiger partial charge in [0.05, 0.1) is 17.2 Å². The van der Waals surface area contributed by atoms with Gasteiger partial charge in [0.1, 0.15) is 10.8 Å². The molecule has 0 fully saturated rings. The summed E-state index contributed by atoms with van der Waals surface area (Å²) in [5, 5.41) is 3.14. The fraction of sp³-hybridized carbons (Fsp3) is 0.190. The first kappa shape index (κ1) is 22.1. The number of esters is 1. The minimum atomic E-state index is -0.651. The summed E-state index contributed by atoms with van der Waals surface area (Å²) in [6.07, 6.45) is 0. The molecular formula is C21H18Cl2N2O4S. The molecule has 1 aromatic heterocycles. The summed E-state index contributed by atoms with van der Waals surface area (Å²) in [7, 11) is 3.21. The van der Waals surface area contributed by atoms with Crippen LogP contribution in [0, 0.1) is 0 Å². The van der Waals surface area contributed by atoms with Crippen molar-refractivity contribution in [2.24, 2.45) is 0 Å². The first-order valence-corrected chi connectivity index (χ1v) is 10.5. The summed E-state index contributed by atoms with van der Waals surface area (Å²) < 4.78 is 10.3. The van der Waals surface area contributed by atoms with Crippen LogP contribution in [0.2, 0.25) is 10.0 Å². The summed E-state index contributed by atoms with van der Waals surface area (Å²) in [6, 6.07) is 12.5. The number of carbonyl (C=O) groups excluding carboxylic acids is 2. The first-order valence-electron chi connectivity index (χ1n) is 8.82. The molecule has 3 rings (SSSR count). The molecule has 2 aromatic carbocycles. The molecule has 0 atom stereocenters. The molecule has 0 saturated heterocycles. The van der Waals surface area contributed by atoms with Gasteiger partial charge in [-0.1, -0.05) is 29.3 Å². The number of rotatable bonds is 7.